The molecular weight excluding hydrogens is 268 g/mol. The van der Waals surface area contributed by atoms with Crippen molar-refractivity contribution in [2.24, 2.45) is 5.92 Å². The predicted octanol–water partition coefficient (Wildman–Crippen LogP) is 2.04. The van der Waals surface area contributed by atoms with E-state index in [0.29, 0.717) is 6.54 Å². The Morgan fingerprint density at radius 2 is 2.10 bits per heavy atom. The third-order valence-corrected chi connectivity index (χ3v) is 4.06. The molecule has 2 N–H and O–H groups in total. The average Bonchev–Trinajstić information content (AvgIpc) is 2.74. The number of nitrogens with zero attached hydrogens (tertiary/aromatic N) is 1. The van der Waals surface area contributed by atoms with Crippen LogP contribution in [0.4, 0.5) is 5.69 Å². The zero-order valence-electron chi connectivity index (χ0n) is 12.7. The maximum Gasteiger partial charge on any atom is 0.321 e. The van der Waals surface area contributed by atoms with Gasteiger partial charge in [-0.05, 0) is 44.4 Å². The normalized spacial score (nSPS) is 22.2. The largest absolute Gasteiger partial charge is 0.480 e. The average molecular weight is 290 g/mol. The van der Waals surface area contributed by atoms with Crippen molar-refractivity contribution in [3.05, 3.63) is 29.3 Å². The minimum absolute atomic E-state index is 0.0800. The van der Waals surface area contributed by atoms with E-state index in [1.54, 1.807) is 4.90 Å². The summed E-state index contributed by atoms with van der Waals surface area (Å²) in [5.74, 6) is -0.932. The van der Waals surface area contributed by atoms with E-state index >= 15 is 0 Å². The minimum atomic E-state index is -0.848. The van der Waals surface area contributed by atoms with Crippen molar-refractivity contribution in [2.75, 3.05) is 18.4 Å². The number of carboxylic acid groups (broad SMARTS) is 1. The quantitative estimate of drug-likeness (QED) is 0.890. The predicted molar refractivity (Wildman–Crippen MR) is 81.3 cm³/mol. The van der Waals surface area contributed by atoms with Crippen LogP contribution in [0.2, 0.25) is 0 Å². The molecule has 0 saturated carbocycles. The van der Waals surface area contributed by atoms with Gasteiger partial charge in [-0.2, -0.15) is 0 Å². The van der Waals surface area contributed by atoms with E-state index in [4.69, 9.17) is 0 Å². The Balaban J connectivity index is 2.00. The number of rotatable bonds is 4. The number of aryl methyl sites for hydroxylation is 2. The van der Waals surface area contributed by atoms with Crippen LogP contribution in [0.25, 0.3) is 0 Å². The third-order valence-electron chi connectivity index (χ3n) is 4.06. The van der Waals surface area contributed by atoms with Crippen molar-refractivity contribution in [3.8, 4) is 0 Å². The molecule has 5 heteroatoms. The Kier molecular flexibility index (Phi) is 4.63. The second kappa shape index (κ2) is 6.26. The zero-order chi connectivity index (χ0) is 15.6. The molecule has 5 nitrogen and oxygen atoms in total. The highest BCUT2D eigenvalue weighted by Crippen LogP contribution is 2.24. The van der Waals surface area contributed by atoms with Gasteiger partial charge in [0, 0.05) is 5.69 Å². The number of carbonyl (C=O) groups excluding carboxylic acids is 1. The van der Waals surface area contributed by atoms with E-state index in [1.165, 1.54) is 0 Å². The lowest BCUT2D eigenvalue weighted by Gasteiger charge is -2.22. The molecule has 1 amide bonds. The number of nitrogens with one attached hydrogen (secondary N) is 1. The van der Waals surface area contributed by atoms with Gasteiger partial charge < -0.3 is 10.4 Å². The van der Waals surface area contributed by atoms with Gasteiger partial charge in [-0.25, -0.2) is 0 Å². The molecule has 1 aliphatic rings. The van der Waals surface area contributed by atoms with E-state index < -0.39 is 12.0 Å². The highest BCUT2D eigenvalue weighted by atomic mass is 16.4. The van der Waals surface area contributed by atoms with Crippen molar-refractivity contribution in [1.82, 2.24) is 4.90 Å². The standard InChI is InChI=1S/C16H22N2O3/c1-10-4-5-13(12(3)8-10)17-14(19)9-18-7-6-11(2)15(18)16(20)21/h4-5,8,11,15H,6-7,9H2,1-3H3,(H,17,19)(H,20,21). The van der Waals surface area contributed by atoms with Crippen molar-refractivity contribution in [2.45, 2.75) is 33.2 Å². The first-order chi connectivity index (χ1) is 9.88. The Labute approximate surface area is 125 Å². The van der Waals surface area contributed by atoms with E-state index in [1.807, 2.05) is 39.0 Å². The van der Waals surface area contributed by atoms with Crippen molar-refractivity contribution < 1.29 is 14.7 Å². The summed E-state index contributed by atoms with van der Waals surface area (Å²) >= 11 is 0. The van der Waals surface area contributed by atoms with Gasteiger partial charge in [-0.3, -0.25) is 14.5 Å². The highest BCUT2D eigenvalue weighted by molar-refractivity contribution is 5.93. The lowest BCUT2D eigenvalue weighted by molar-refractivity contribution is -0.143. The summed E-state index contributed by atoms with van der Waals surface area (Å²) in [5, 5.41) is 12.1. The molecule has 2 rings (SSSR count). The minimum Gasteiger partial charge on any atom is -0.480 e. The maximum atomic E-state index is 12.1. The molecule has 1 aromatic carbocycles. The summed E-state index contributed by atoms with van der Waals surface area (Å²) in [6.45, 7) is 6.64. The van der Waals surface area contributed by atoms with Crippen LogP contribution in [0, 0.1) is 19.8 Å². The van der Waals surface area contributed by atoms with Crippen LogP contribution in [-0.4, -0.2) is 41.0 Å². The fourth-order valence-corrected chi connectivity index (χ4v) is 2.93. The maximum absolute atomic E-state index is 12.1. The van der Waals surface area contributed by atoms with Crippen LogP contribution in [0.15, 0.2) is 18.2 Å². The molecule has 2 unspecified atom stereocenters. The van der Waals surface area contributed by atoms with Crippen LogP contribution in [-0.2, 0) is 9.59 Å². The molecule has 0 radical (unpaired) electrons. The zero-order valence-corrected chi connectivity index (χ0v) is 12.7. The molecule has 1 fully saturated rings. The molecule has 0 aromatic heterocycles. The molecule has 114 valence electrons. The second-order valence-corrected chi connectivity index (χ2v) is 5.89. The van der Waals surface area contributed by atoms with Crippen LogP contribution in [0.3, 0.4) is 0 Å². The Bertz CT molecular complexity index is 556. The van der Waals surface area contributed by atoms with E-state index in [2.05, 4.69) is 5.32 Å². The van der Waals surface area contributed by atoms with Crippen LogP contribution in [0.1, 0.15) is 24.5 Å². The van der Waals surface area contributed by atoms with Crippen molar-refractivity contribution >= 4 is 17.6 Å². The van der Waals surface area contributed by atoms with E-state index in [-0.39, 0.29) is 18.4 Å². The first-order valence-electron chi connectivity index (χ1n) is 7.22. The second-order valence-electron chi connectivity index (χ2n) is 5.89. The number of hydrogen-bond donors (Lipinski definition) is 2. The molecule has 1 heterocycles. The van der Waals surface area contributed by atoms with Crippen LogP contribution < -0.4 is 5.32 Å². The number of amides is 1. The van der Waals surface area contributed by atoms with Gasteiger partial charge in [-0.1, -0.05) is 24.6 Å². The van der Waals surface area contributed by atoms with E-state index in [9.17, 15) is 14.7 Å². The van der Waals surface area contributed by atoms with Crippen molar-refractivity contribution in [1.29, 1.82) is 0 Å². The Morgan fingerprint density at radius 1 is 1.38 bits per heavy atom. The molecule has 1 aliphatic heterocycles. The smallest absolute Gasteiger partial charge is 0.321 e. The van der Waals surface area contributed by atoms with Gasteiger partial charge in [0.15, 0.2) is 0 Å². The fraction of sp³-hybridized carbons (Fsp3) is 0.500. The number of carboxylic acids is 1. The Morgan fingerprint density at radius 3 is 2.71 bits per heavy atom. The monoisotopic (exact) mass is 290 g/mol. The fourth-order valence-electron chi connectivity index (χ4n) is 2.93. The lowest BCUT2D eigenvalue weighted by atomic mass is 10.0. The topological polar surface area (TPSA) is 69.6 Å². The number of anilines is 1. The first-order valence-corrected chi connectivity index (χ1v) is 7.22. The third kappa shape index (κ3) is 3.61. The highest BCUT2D eigenvalue weighted by Gasteiger charge is 2.37. The number of carbonyl (C=O) groups is 2. The number of hydrogen-bond acceptors (Lipinski definition) is 3. The van der Waals surface area contributed by atoms with Gasteiger partial charge in [0.2, 0.25) is 5.91 Å². The molecule has 1 aromatic rings. The summed E-state index contributed by atoms with van der Waals surface area (Å²) in [5.41, 5.74) is 2.93. The van der Waals surface area contributed by atoms with Gasteiger partial charge in [0.05, 0.1) is 6.54 Å². The van der Waals surface area contributed by atoms with E-state index in [0.717, 1.165) is 23.2 Å². The number of aliphatic carboxylic acids is 1. The molecule has 1 saturated heterocycles. The molecule has 0 spiro atoms. The molecular formula is C16H22N2O3. The van der Waals surface area contributed by atoms with Crippen molar-refractivity contribution in [3.63, 3.8) is 0 Å². The SMILES string of the molecule is Cc1ccc(NC(=O)CN2CCC(C)C2C(=O)O)c(C)c1. The Hall–Kier alpha value is -1.88. The molecule has 2 atom stereocenters. The van der Waals surface area contributed by atoms with Gasteiger partial charge in [-0.15, -0.1) is 0 Å². The van der Waals surface area contributed by atoms with Crippen LogP contribution >= 0.6 is 0 Å². The van der Waals surface area contributed by atoms with Gasteiger partial charge in [0.1, 0.15) is 6.04 Å². The molecule has 0 aliphatic carbocycles. The first kappa shape index (κ1) is 15.5. The lowest BCUT2D eigenvalue weighted by Crippen LogP contribution is -2.43. The summed E-state index contributed by atoms with van der Waals surface area (Å²) in [6, 6.07) is 5.27. The van der Waals surface area contributed by atoms with Crippen LogP contribution in [0.5, 0.6) is 0 Å². The van der Waals surface area contributed by atoms with Gasteiger partial charge >= 0.3 is 5.97 Å². The summed E-state index contributed by atoms with van der Waals surface area (Å²) in [6.07, 6.45) is 0.813. The van der Waals surface area contributed by atoms with Gasteiger partial charge in [0.25, 0.3) is 0 Å². The molecule has 21 heavy (non-hydrogen) atoms. The summed E-state index contributed by atoms with van der Waals surface area (Å²) < 4.78 is 0. The summed E-state index contributed by atoms with van der Waals surface area (Å²) in [4.78, 5) is 25.2. The summed E-state index contributed by atoms with van der Waals surface area (Å²) in [7, 11) is 0. The number of benzene rings is 1. The molecule has 0 bridgehead atoms. The number of likely N-dealkylation sites (tertiary alicyclic amines) is 1.